The lowest BCUT2D eigenvalue weighted by Gasteiger charge is -2.34. The van der Waals surface area contributed by atoms with Crippen LogP contribution in [0.15, 0.2) is 18.2 Å². The molecule has 2 rings (SSSR count). The van der Waals surface area contributed by atoms with Crippen molar-refractivity contribution in [3.8, 4) is 0 Å². The van der Waals surface area contributed by atoms with Crippen molar-refractivity contribution in [2.75, 3.05) is 12.4 Å². The lowest BCUT2D eigenvalue weighted by Crippen LogP contribution is -2.44. The number of nitrogens with zero attached hydrogens (tertiary/aromatic N) is 1. The van der Waals surface area contributed by atoms with Crippen LogP contribution in [0.25, 0.3) is 0 Å². The van der Waals surface area contributed by atoms with E-state index in [1.165, 1.54) is 0 Å². The van der Waals surface area contributed by atoms with Gasteiger partial charge in [-0.3, -0.25) is 4.79 Å². The summed E-state index contributed by atoms with van der Waals surface area (Å²) in [5.41, 5.74) is 0.571. The van der Waals surface area contributed by atoms with Gasteiger partial charge in [-0.05, 0) is 37.5 Å². The third-order valence-corrected chi connectivity index (χ3v) is 4.33. The first-order valence-corrected chi connectivity index (χ1v) is 7.24. The Balaban J connectivity index is 2.21. The van der Waals surface area contributed by atoms with Crippen molar-refractivity contribution in [3.05, 3.63) is 33.8 Å². The average Bonchev–Trinajstić information content (AvgIpc) is 2.41. The average molecular weight is 307 g/mol. The van der Waals surface area contributed by atoms with Crippen molar-refractivity contribution >= 4 is 40.7 Å². The molecule has 1 aliphatic heterocycles. The molecule has 1 atom stereocenters. The van der Waals surface area contributed by atoms with Gasteiger partial charge < -0.3 is 4.90 Å². The Morgan fingerprint density at radius 3 is 2.72 bits per heavy atom. The smallest absolute Gasteiger partial charge is 0.254 e. The molecular formula is C13H14Cl3NO. The summed E-state index contributed by atoms with van der Waals surface area (Å²) < 4.78 is 0. The van der Waals surface area contributed by atoms with Crippen LogP contribution in [-0.2, 0) is 0 Å². The van der Waals surface area contributed by atoms with Crippen LogP contribution < -0.4 is 0 Å². The Kier molecular flexibility index (Phi) is 4.77. The van der Waals surface area contributed by atoms with Gasteiger partial charge in [0.15, 0.2) is 0 Å². The first-order chi connectivity index (χ1) is 8.63. The molecule has 98 valence electrons. The number of likely N-dealkylation sites (tertiary alicyclic amines) is 1. The number of hydrogen-bond acceptors (Lipinski definition) is 1. The topological polar surface area (TPSA) is 20.3 Å². The van der Waals surface area contributed by atoms with E-state index in [1.54, 1.807) is 18.2 Å². The second kappa shape index (κ2) is 6.14. The third-order valence-electron chi connectivity index (χ3n) is 3.23. The van der Waals surface area contributed by atoms with E-state index in [2.05, 4.69) is 0 Å². The highest BCUT2D eigenvalue weighted by molar-refractivity contribution is 6.42. The molecule has 0 radical (unpaired) electrons. The summed E-state index contributed by atoms with van der Waals surface area (Å²) in [4.78, 5) is 14.2. The summed E-state index contributed by atoms with van der Waals surface area (Å²) in [5.74, 6) is 0.464. The fraction of sp³-hybridized carbons (Fsp3) is 0.462. The minimum atomic E-state index is -0.0149. The lowest BCUT2D eigenvalue weighted by atomic mass is 10.0. The first-order valence-electron chi connectivity index (χ1n) is 5.95. The summed E-state index contributed by atoms with van der Waals surface area (Å²) in [6, 6.07) is 5.10. The van der Waals surface area contributed by atoms with E-state index in [9.17, 15) is 4.79 Å². The molecule has 0 bridgehead atoms. The van der Waals surface area contributed by atoms with E-state index < -0.39 is 0 Å². The number of carbonyl (C=O) groups excluding carboxylic acids is 1. The molecule has 0 aliphatic carbocycles. The molecule has 0 N–H and O–H groups in total. The number of hydrogen-bond donors (Lipinski definition) is 0. The molecule has 1 aromatic rings. The molecule has 0 spiro atoms. The van der Waals surface area contributed by atoms with Crippen LogP contribution in [0.3, 0.4) is 0 Å². The molecule has 1 fully saturated rings. The maximum atomic E-state index is 12.4. The minimum Gasteiger partial charge on any atom is -0.334 e. The molecule has 1 saturated heterocycles. The largest absolute Gasteiger partial charge is 0.334 e. The number of alkyl halides is 1. The first kappa shape index (κ1) is 14.0. The predicted molar refractivity (Wildman–Crippen MR) is 75.9 cm³/mol. The molecule has 0 saturated carbocycles. The molecule has 1 unspecified atom stereocenters. The number of carbonyl (C=O) groups is 1. The van der Waals surface area contributed by atoms with Gasteiger partial charge in [0, 0.05) is 24.0 Å². The SMILES string of the molecule is O=C(c1ccc(Cl)c(Cl)c1)N1CCCCC1CCl. The molecule has 1 amide bonds. The molecule has 1 aromatic carbocycles. The zero-order valence-electron chi connectivity index (χ0n) is 9.83. The van der Waals surface area contributed by atoms with Gasteiger partial charge in [-0.25, -0.2) is 0 Å². The van der Waals surface area contributed by atoms with Crippen LogP contribution in [-0.4, -0.2) is 29.3 Å². The van der Waals surface area contributed by atoms with Gasteiger partial charge in [0.25, 0.3) is 5.91 Å². The summed E-state index contributed by atoms with van der Waals surface area (Å²) in [6.45, 7) is 0.760. The monoisotopic (exact) mass is 305 g/mol. The standard InChI is InChI=1S/C13H14Cl3NO/c14-8-10-3-1-2-6-17(10)13(18)9-4-5-11(15)12(16)7-9/h4-5,7,10H,1-3,6,8H2. The predicted octanol–water partition coefficient (Wildman–Crippen LogP) is 4.23. The van der Waals surface area contributed by atoms with Gasteiger partial charge >= 0.3 is 0 Å². The van der Waals surface area contributed by atoms with Crippen LogP contribution in [0.5, 0.6) is 0 Å². The van der Waals surface area contributed by atoms with Gasteiger partial charge in [0.1, 0.15) is 0 Å². The number of piperidine rings is 1. The van der Waals surface area contributed by atoms with E-state index in [4.69, 9.17) is 34.8 Å². The molecule has 0 aromatic heterocycles. The van der Waals surface area contributed by atoms with Gasteiger partial charge in [-0.15, -0.1) is 11.6 Å². The van der Waals surface area contributed by atoms with Crippen molar-refractivity contribution in [1.82, 2.24) is 4.90 Å². The number of amides is 1. The Bertz CT molecular complexity index is 450. The fourth-order valence-electron chi connectivity index (χ4n) is 2.22. The molecule has 5 heteroatoms. The van der Waals surface area contributed by atoms with E-state index >= 15 is 0 Å². The fourth-order valence-corrected chi connectivity index (χ4v) is 2.84. The highest BCUT2D eigenvalue weighted by atomic mass is 35.5. The summed E-state index contributed by atoms with van der Waals surface area (Å²) in [7, 11) is 0. The van der Waals surface area contributed by atoms with Crippen molar-refractivity contribution in [3.63, 3.8) is 0 Å². The summed E-state index contributed by atoms with van der Waals surface area (Å²) in [6.07, 6.45) is 3.12. The van der Waals surface area contributed by atoms with Crippen LogP contribution in [0.2, 0.25) is 10.0 Å². The van der Waals surface area contributed by atoms with Crippen molar-refractivity contribution in [2.45, 2.75) is 25.3 Å². The van der Waals surface area contributed by atoms with Gasteiger partial charge in [0.05, 0.1) is 10.0 Å². The highest BCUT2D eigenvalue weighted by Crippen LogP contribution is 2.25. The van der Waals surface area contributed by atoms with Crippen molar-refractivity contribution in [1.29, 1.82) is 0 Å². The van der Waals surface area contributed by atoms with Crippen molar-refractivity contribution < 1.29 is 4.79 Å². The number of halogens is 3. The zero-order chi connectivity index (χ0) is 13.1. The second-order valence-electron chi connectivity index (χ2n) is 4.43. The van der Waals surface area contributed by atoms with Crippen LogP contribution in [0, 0.1) is 0 Å². The van der Waals surface area contributed by atoms with E-state index in [-0.39, 0.29) is 11.9 Å². The Hall–Kier alpha value is -0.440. The van der Waals surface area contributed by atoms with Crippen LogP contribution >= 0.6 is 34.8 Å². The maximum absolute atomic E-state index is 12.4. The van der Waals surface area contributed by atoms with E-state index in [0.717, 1.165) is 25.8 Å². The van der Waals surface area contributed by atoms with Crippen LogP contribution in [0.1, 0.15) is 29.6 Å². The third kappa shape index (κ3) is 2.93. The van der Waals surface area contributed by atoms with Gasteiger partial charge in [0.2, 0.25) is 0 Å². The molecule has 2 nitrogen and oxygen atoms in total. The number of benzene rings is 1. The Morgan fingerprint density at radius 2 is 2.06 bits per heavy atom. The molecule has 18 heavy (non-hydrogen) atoms. The van der Waals surface area contributed by atoms with E-state index in [0.29, 0.717) is 21.5 Å². The van der Waals surface area contributed by atoms with E-state index in [1.807, 2.05) is 4.90 Å². The number of rotatable bonds is 2. The quantitative estimate of drug-likeness (QED) is 0.749. The minimum absolute atomic E-state index is 0.0149. The maximum Gasteiger partial charge on any atom is 0.254 e. The normalized spacial score (nSPS) is 19.9. The molecular weight excluding hydrogens is 293 g/mol. The Labute approximate surface area is 122 Å². The summed E-state index contributed by atoms with van der Waals surface area (Å²) >= 11 is 17.7. The Morgan fingerprint density at radius 1 is 1.28 bits per heavy atom. The summed E-state index contributed by atoms with van der Waals surface area (Å²) in [5, 5.41) is 0.864. The van der Waals surface area contributed by atoms with Gasteiger partial charge in [-0.2, -0.15) is 0 Å². The molecule has 1 heterocycles. The van der Waals surface area contributed by atoms with Crippen LogP contribution in [0.4, 0.5) is 0 Å². The van der Waals surface area contributed by atoms with Gasteiger partial charge in [-0.1, -0.05) is 23.2 Å². The van der Waals surface area contributed by atoms with Crippen molar-refractivity contribution in [2.24, 2.45) is 0 Å². The zero-order valence-corrected chi connectivity index (χ0v) is 12.1. The second-order valence-corrected chi connectivity index (χ2v) is 5.55. The highest BCUT2D eigenvalue weighted by Gasteiger charge is 2.26. The molecule has 1 aliphatic rings. The lowest BCUT2D eigenvalue weighted by molar-refractivity contribution is 0.0639.